The molecule has 60 heavy (non-hydrogen) atoms. The highest BCUT2D eigenvalue weighted by Gasteiger charge is 2.33. The third-order valence-electron chi connectivity index (χ3n) is 9.36. The molecule has 0 saturated heterocycles. The highest BCUT2D eigenvalue weighted by molar-refractivity contribution is 7.80. The number of amides is 5. The largest absolute Gasteiger partial charge is 0.508 e. The van der Waals surface area contributed by atoms with E-state index < -0.39 is 97.2 Å². The molecule has 5 amide bonds. The first-order valence-corrected chi connectivity index (χ1v) is 19.3. The maximum absolute atomic E-state index is 14.0. The summed E-state index contributed by atoms with van der Waals surface area (Å²) in [4.78, 5) is 94.1. The number of aliphatic carboxylic acids is 2. The van der Waals surface area contributed by atoms with Crippen LogP contribution < -0.4 is 32.3 Å². The number of hydrogen-bond acceptors (Lipinski definition) is 12. The van der Waals surface area contributed by atoms with E-state index in [4.69, 9.17) is 5.73 Å². The number of aromatic hydroxyl groups is 2. The second-order valence-electron chi connectivity index (χ2n) is 13.9. The number of aliphatic hydroxyl groups is 1. The van der Waals surface area contributed by atoms with Crippen LogP contribution in [0.25, 0.3) is 10.9 Å². The number of thiol groups is 1. The highest BCUT2D eigenvalue weighted by atomic mass is 32.1. The first-order valence-electron chi connectivity index (χ1n) is 18.6. The van der Waals surface area contributed by atoms with Crippen molar-refractivity contribution in [3.63, 3.8) is 0 Å². The van der Waals surface area contributed by atoms with Gasteiger partial charge in [0.1, 0.15) is 41.7 Å². The molecule has 6 atom stereocenters. The van der Waals surface area contributed by atoms with E-state index in [-0.39, 0.29) is 36.5 Å². The predicted octanol–water partition coefficient (Wildman–Crippen LogP) is -0.770. The van der Waals surface area contributed by atoms with Gasteiger partial charge in [-0.25, -0.2) is 4.79 Å². The molecule has 0 bridgehead atoms. The van der Waals surface area contributed by atoms with Crippen LogP contribution in [0.15, 0.2) is 79.0 Å². The van der Waals surface area contributed by atoms with E-state index in [1.54, 1.807) is 42.6 Å². The Bertz CT molecular complexity index is 2150. The van der Waals surface area contributed by atoms with Crippen LogP contribution in [0, 0.1) is 0 Å². The summed E-state index contributed by atoms with van der Waals surface area (Å²) in [7, 11) is 0. The summed E-state index contributed by atoms with van der Waals surface area (Å²) >= 11 is 4.14. The average Bonchev–Trinajstić information content (AvgIpc) is 3.63. The molecule has 0 unspecified atom stereocenters. The summed E-state index contributed by atoms with van der Waals surface area (Å²) in [5.74, 6) is -7.76. The minimum absolute atomic E-state index is 0.0215. The minimum Gasteiger partial charge on any atom is -0.508 e. The fourth-order valence-electron chi connectivity index (χ4n) is 6.07. The van der Waals surface area contributed by atoms with Crippen molar-refractivity contribution < 1.29 is 59.1 Å². The Morgan fingerprint density at radius 1 is 0.617 bits per heavy atom. The lowest BCUT2D eigenvalue weighted by atomic mass is 10.0. The maximum atomic E-state index is 14.0. The topological polar surface area (TPSA) is 323 Å². The van der Waals surface area contributed by atoms with E-state index in [9.17, 15) is 59.1 Å². The van der Waals surface area contributed by atoms with Crippen molar-refractivity contribution >= 4 is 65.0 Å². The second kappa shape index (κ2) is 21.9. The van der Waals surface area contributed by atoms with Crippen LogP contribution in [-0.2, 0) is 52.8 Å². The Morgan fingerprint density at radius 2 is 1.12 bits per heavy atom. The standard InChI is InChI=1S/C40H47N7O12S/c41-27(15-21-5-9-24(49)10-6-21)35(53)47-33(20-60)39(57)46-32(19-48)38(56)44-30(17-23-18-42-28-4-2-1-3-26(23)28)37(55)43-29(13-14-34(51)52)36(54)45-31(40(58)59)16-22-7-11-25(50)12-8-22/h1-12,18,27,29-33,42,48-50,60H,13-17,19-20,41H2,(H,43,55)(H,44,56)(H,45,54)(H,46,57)(H,47,53)(H,51,52)(H,58,59)/t27-,29-,30-,31-,32-,33-/m0/s1. The van der Waals surface area contributed by atoms with Gasteiger partial charge in [-0.1, -0.05) is 42.5 Å². The lowest BCUT2D eigenvalue weighted by molar-refractivity contribution is -0.143. The Morgan fingerprint density at radius 3 is 1.70 bits per heavy atom. The number of carbonyl (C=O) groups excluding carboxylic acids is 5. The van der Waals surface area contributed by atoms with E-state index in [1.165, 1.54) is 36.4 Å². The van der Waals surface area contributed by atoms with E-state index in [0.29, 0.717) is 27.6 Å². The van der Waals surface area contributed by atoms with Gasteiger partial charge in [0, 0.05) is 42.1 Å². The average molecular weight is 850 g/mol. The van der Waals surface area contributed by atoms with Crippen molar-refractivity contribution in [3.05, 3.63) is 95.7 Å². The first-order chi connectivity index (χ1) is 28.6. The number of carboxylic acids is 2. The molecule has 0 aliphatic carbocycles. The van der Waals surface area contributed by atoms with Crippen molar-refractivity contribution in [1.82, 2.24) is 31.6 Å². The van der Waals surface area contributed by atoms with Gasteiger partial charge in [-0.3, -0.25) is 28.8 Å². The molecule has 320 valence electrons. The van der Waals surface area contributed by atoms with E-state index >= 15 is 0 Å². The van der Waals surface area contributed by atoms with Crippen molar-refractivity contribution in [2.24, 2.45) is 5.73 Å². The number of rotatable bonds is 22. The zero-order chi connectivity index (χ0) is 43.9. The van der Waals surface area contributed by atoms with Crippen molar-refractivity contribution in [1.29, 1.82) is 0 Å². The molecule has 0 aliphatic rings. The predicted molar refractivity (Wildman–Crippen MR) is 219 cm³/mol. The van der Waals surface area contributed by atoms with Crippen LogP contribution in [-0.4, -0.2) is 121 Å². The van der Waals surface area contributed by atoms with Crippen LogP contribution >= 0.6 is 12.6 Å². The molecule has 20 heteroatoms. The Balaban J connectivity index is 1.51. The molecule has 0 spiro atoms. The minimum atomic E-state index is -1.68. The number of H-pyrrole nitrogens is 1. The number of aromatic amines is 1. The number of benzene rings is 3. The van der Waals surface area contributed by atoms with Crippen molar-refractivity contribution in [3.8, 4) is 11.5 Å². The molecular weight excluding hydrogens is 803 g/mol. The molecule has 1 heterocycles. The molecule has 0 aliphatic heterocycles. The van der Waals surface area contributed by atoms with E-state index in [2.05, 4.69) is 44.2 Å². The van der Waals surface area contributed by atoms with Crippen molar-refractivity contribution in [2.45, 2.75) is 68.4 Å². The molecule has 13 N–H and O–H groups in total. The Kier molecular flexibility index (Phi) is 16.8. The number of hydrogen-bond donors (Lipinski definition) is 13. The lowest BCUT2D eigenvalue weighted by Crippen LogP contribution is -2.60. The molecule has 3 aromatic carbocycles. The van der Waals surface area contributed by atoms with E-state index in [0.717, 1.165) is 0 Å². The molecule has 19 nitrogen and oxygen atoms in total. The molecule has 0 saturated carbocycles. The molecular formula is C40H47N7O12S. The van der Waals surface area contributed by atoms with Gasteiger partial charge in [-0.15, -0.1) is 0 Å². The molecule has 4 aromatic rings. The van der Waals surface area contributed by atoms with Gasteiger partial charge >= 0.3 is 11.9 Å². The van der Waals surface area contributed by atoms with Gasteiger partial charge < -0.3 is 62.8 Å². The second-order valence-corrected chi connectivity index (χ2v) is 14.2. The van der Waals surface area contributed by atoms with Crippen LogP contribution in [0.1, 0.15) is 29.5 Å². The van der Waals surface area contributed by atoms with Gasteiger partial charge in [0.05, 0.1) is 12.6 Å². The van der Waals surface area contributed by atoms with Gasteiger partial charge in [0.25, 0.3) is 0 Å². The molecule has 4 rings (SSSR count). The summed E-state index contributed by atoms with van der Waals surface area (Å²) in [5, 5.41) is 61.3. The fourth-order valence-corrected chi connectivity index (χ4v) is 6.33. The number of fused-ring (bicyclic) bond motifs is 1. The SMILES string of the molecule is N[C@@H](Cc1ccc(O)cc1)C(=O)N[C@@H](CS)C(=O)N[C@@H](CO)C(=O)N[C@@H](Cc1c[nH]c2ccccc12)C(=O)N[C@@H](CCC(=O)O)C(=O)N[C@@H](Cc1ccc(O)cc1)C(=O)O. The summed E-state index contributed by atoms with van der Waals surface area (Å²) in [6.07, 6.45) is 0.123. The van der Waals surface area contributed by atoms with Gasteiger partial charge in [0.15, 0.2) is 0 Å². The number of para-hydroxylation sites is 1. The maximum Gasteiger partial charge on any atom is 0.326 e. The summed E-state index contributed by atoms with van der Waals surface area (Å²) in [6.45, 7) is -0.964. The van der Waals surface area contributed by atoms with E-state index in [1.807, 2.05) is 0 Å². The highest BCUT2D eigenvalue weighted by Crippen LogP contribution is 2.20. The smallest absolute Gasteiger partial charge is 0.326 e. The number of phenols is 2. The molecule has 1 aromatic heterocycles. The Labute approximate surface area is 348 Å². The van der Waals surface area contributed by atoms with Gasteiger partial charge in [-0.05, 0) is 59.9 Å². The number of aromatic nitrogens is 1. The van der Waals surface area contributed by atoms with Crippen LogP contribution in [0.4, 0.5) is 0 Å². The quantitative estimate of drug-likeness (QED) is 0.0433. The van der Waals surface area contributed by atoms with Gasteiger partial charge in [-0.2, -0.15) is 12.6 Å². The van der Waals surface area contributed by atoms with Crippen LogP contribution in [0.2, 0.25) is 0 Å². The zero-order valence-electron chi connectivity index (χ0n) is 32.0. The summed E-state index contributed by atoms with van der Waals surface area (Å²) in [5.41, 5.74) is 8.33. The molecule has 0 radical (unpaired) electrons. The molecule has 0 fully saturated rings. The van der Waals surface area contributed by atoms with Crippen molar-refractivity contribution in [2.75, 3.05) is 12.4 Å². The van der Waals surface area contributed by atoms with Crippen LogP contribution in [0.5, 0.6) is 11.5 Å². The zero-order valence-corrected chi connectivity index (χ0v) is 32.9. The summed E-state index contributed by atoms with van der Waals surface area (Å²) < 4.78 is 0. The number of nitrogens with one attached hydrogen (secondary N) is 6. The third-order valence-corrected chi connectivity index (χ3v) is 9.73. The summed E-state index contributed by atoms with van der Waals surface area (Å²) in [6, 6.07) is 9.82. The monoisotopic (exact) mass is 849 g/mol. The number of carbonyl (C=O) groups is 7. The first kappa shape index (κ1) is 46.1. The van der Waals surface area contributed by atoms with Crippen LogP contribution in [0.3, 0.4) is 0 Å². The lowest BCUT2D eigenvalue weighted by Gasteiger charge is -2.26. The fraction of sp³-hybridized carbons (Fsp3) is 0.325. The number of carboxylic acid groups (broad SMARTS) is 2. The van der Waals surface area contributed by atoms with Gasteiger partial charge in [0.2, 0.25) is 29.5 Å². The number of phenolic OH excluding ortho intramolecular Hbond substituents is 2. The number of aliphatic hydroxyl groups excluding tert-OH is 1. The number of nitrogens with two attached hydrogens (primary N) is 1. The Hall–Kier alpha value is -6.64. The normalized spacial score (nSPS) is 14.1. The third kappa shape index (κ3) is 13.5.